The first kappa shape index (κ1) is 18.4. The van der Waals surface area contributed by atoms with E-state index >= 15 is 0 Å². The van der Waals surface area contributed by atoms with Crippen LogP contribution >= 0.6 is 11.3 Å². The molecule has 0 aliphatic carbocycles. The van der Waals surface area contributed by atoms with Crippen molar-refractivity contribution in [2.75, 3.05) is 13.1 Å². The number of thiophene rings is 1. The molecule has 0 aromatic carbocycles. The minimum Gasteiger partial charge on any atom is -0.273 e. The topological polar surface area (TPSA) is 66.1 Å². The lowest BCUT2D eigenvalue weighted by Crippen LogP contribution is -2.32. The molecule has 25 heavy (non-hydrogen) atoms. The van der Waals surface area contributed by atoms with E-state index in [1.54, 1.807) is 6.92 Å². The van der Waals surface area contributed by atoms with E-state index in [1.807, 2.05) is 5.10 Å². The summed E-state index contributed by atoms with van der Waals surface area (Å²) in [6.07, 6.45) is -0.855. The van der Waals surface area contributed by atoms with Crippen LogP contribution in [0.25, 0.3) is 10.6 Å². The van der Waals surface area contributed by atoms with Gasteiger partial charge in [-0.25, -0.2) is 8.42 Å². The molecule has 1 aliphatic rings. The summed E-state index contributed by atoms with van der Waals surface area (Å²) in [5.74, 6) is 0. The summed E-state index contributed by atoms with van der Waals surface area (Å²) in [5.41, 5.74) is -0.858. The number of rotatable bonds is 3. The van der Waals surface area contributed by atoms with E-state index in [0.29, 0.717) is 22.8 Å². The van der Waals surface area contributed by atoms with Crippen LogP contribution < -0.4 is 0 Å². The number of nitrogens with zero attached hydrogens (tertiary/aromatic N) is 2. The average Bonchev–Trinajstić information content (AvgIpc) is 3.06. The van der Waals surface area contributed by atoms with Crippen molar-refractivity contribution >= 4 is 21.4 Å². The molecule has 0 atom stereocenters. The quantitative estimate of drug-likeness (QED) is 0.856. The van der Waals surface area contributed by atoms with E-state index < -0.39 is 21.9 Å². The molecule has 0 amide bonds. The Bertz CT molecular complexity index is 848. The fraction of sp³-hybridized carbons (Fsp3) is 0.533. The van der Waals surface area contributed by atoms with E-state index in [0.717, 1.165) is 43.1 Å². The van der Waals surface area contributed by atoms with E-state index in [1.165, 1.54) is 10.4 Å². The van der Waals surface area contributed by atoms with Crippen LogP contribution in [-0.2, 0) is 16.2 Å². The van der Waals surface area contributed by atoms with Gasteiger partial charge in [-0.15, -0.1) is 11.3 Å². The normalized spacial score (nSPS) is 17.6. The third-order valence-electron chi connectivity index (χ3n) is 4.19. The fourth-order valence-electron chi connectivity index (χ4n) is 2.86. The van der Waals surface area contributed by atoms with Crippen LogP contribution in [0.5, 0.6) is 0 Å². The number of H-pyrrole nitrogens is 1. The van der Waals surface area contributed by atoms with Gasteiger partial charge in [0.15, 0.2) is 0 Å². The number of aromatic nitrogens is 2. The number of hydrogen-bond donors (Lipinski definition) is 1. The molecule has 1 saturated heterocycles. The van der Waals surface area contributed by atoms with Crippen molar-refractivity contribution in [3.05, 3.63) is 22.7 Å². The molecule has 2 aromatic rings. The van der Waals surface area contributed by atoms with Crippen molar-refractivity contribution in [2.45, 2.75) is 43.7 Å². The second-order valence-corrected chi connectivity index (χ2v) is 9.18. The SMILES string of the molecule is Cc1sc(-c2cc(C(F)(F)F)[nH]n2)cc1S(=O)(=O)N1CCCCCC1. The molecule has 3 heterocycles. The van der Waals surface area contributed by atoms with Gasteiger partial charge in [-0.05, 0) is 31.9 Å². The number of aromatic amines is 1. The maximum Gasteiger partial charge on any atom is 0.432 e. The van der Waals surface area contributed by atoms with Crippen molar-refractivity contribution in [3.8, 4) is 10.6 Å². The van der Waals surface area contributed by atoms with Gasteiger partial charge in [-0.1, -0.05) is 12.8 Å². The predicted octanol–water partition coefficient (Wildman–Crippen LogP) is 4.03. The number of alkyl halides is 3. The zero-order valence-corrected chi connectivity index (χ0v) is 15.2. The second kappa shape index (κ2) is 6.73. The number of hydrogen-bond acceptors (Lipinski definition) is 4. The predicted molar refractivity (Wildman–Crippen MR) is 88.9 cm³/mol. The maximum absolute atomic E-state index is 12.9. The van der Waals surface area contributed by atoms with Gasteiger partial charge in [-0.3, -0.25) is 5.10 Å². The summed E-state index contributed by atoms with van der Waals surface area (Å²) in [4.78, 5) is 1.11. The third kappa shape index (κ3) is 3.75. The van der Waals surface area contributed by atoms with Crippen LogP contribution in [0.2, 0.25) is 0 Å². The monoisotopic (exact) mass is 393 g/mol. The molecule has 0 radical (unpaired) electrons. The summed E-state index contributed by atoms with van der Waals surface area (Å²) in [6, 6.07) is 2.32. The molecular formula is C15H18F3N3O2S2. The summed E-state index contributed by atoms with van der Waals surface area (Å²) in [5, 5.41) is 5.63. The van der Waals surface area contributed by atoms with Crippen molar-refractivity contribution in [3.63, 3.8) is 0 Å². The number of halogens is 3. The van der Waals surface area contributed by atoms with Crippen LogP contribution in [0.3, 0.4) is 0 Å². The van der Waals surface area contributed by atoms with Crippen molar-refractivity contribution in [1.82, 2.24) is 14.5 Å². The Morgan fingerprint density at radius 3 is 2.36 bits per heavy atom. The van der Waals surface area contributed by atoms with Gasteiger partial charge in [0.25, 0.3) is 0 Å². The number of sulfonamides is 1. The minimum absolute atomic E-state index is 0.0951. The molecule has 0 bridgehead atoms. The first-order valence-corrected chi connectivity index (χ1v) is 10.2. The molecular weight excluding hydrogens is 375 g/mol. The minimum atomic E-state index is -4.52. The fourth-order valence-corrected chi connectivity index (χ4v) is 5.90. The smallest absolute Gasteiger partial charge is 0.273 e. The van der Waals surface area contributed by atoms with Crippen molar-refractivity contribution < 1.29 is 21.6 Å². The largest absolute Gasteiger partial charge is 0.432 e. The first-order chi connectivity index (χ1) is 11.7. The van der Waals surface area contributed by atoms with E-state index in [-0.39, 0.29) is 10.6 Å². The Morgan fingerprint density at radius 2 is 1.80 bits per heavy atom. The highest BCUT2D eigenvalue weighted by Gasteiger charge is 2.34. The number of nitrogens with one attached hydrogen (secondary N) is 1. The lowest BCUT2D eigenvalue weighted by Gasteiger charge is -2.19. The standard InChI is InChI=1S/C15H18F3N3O2S2/c1-10-13(25(22,23)21-6-4-2-3-5-7-21)9-12(24-10)11-8-14(20-19-11)15(16,17)18/h8-9H,2-7H2,1H3,(H,19,20). The molecule has 3 rings (SSSR count). The highest BCUT2D eigenvalue weighted by atomic mass is 32.2. The molecule has 0 spiro atoms. The Kier molecular flexibility index (Phi) is 4.95. The van der Waals surface area contributed by atoms with Crippen LogP contribution in [0.15, 0.2) is 17.0 Å². The van der Waals surface area contributed by atoms with Gasteiger partial charge in [0, 0.05) is 18.0 Å². The summed E-state index contributed by atoms with van der Waals surface area (Å²) in [7, 11) is -3.64. The Morgan fingerprint density at radius 1 is 1.16 bits per heavy atom. The van der Waals surface area contributed by atoms with Gasteiger partial charge in [-0.2, -0.15) is 22.6 Å². The van der Waals surface area contributed by atoms with Gasteiger partial charge >= 0.3 is 6.18 Å². The van der Waals surface area contributed by atoms with Gasteiger partial charge in [0.05, 0.1) is 9.77 Å². The van der Waals surface area contributed by atoms with Crippen LogP contribution in [0, 0.1) is 6.92 Å². The Hall–Kier alpha value is -1.39. The molecule has 1 fully saturated rings. The lowest BCUT2D eigenvalue weighted by atomic mass is 10.2. The van der Waals surface area contributed by atoms with E-state index in [9.17, 15) is 21.6 Å². The number of aryl methyl sites for hydroxylation is 1. The summed E-state index contributed by atoms with van der Waals surface area (Å²) in [6.45, 7) is 2.62. The highest BCUT2D eigenvalue weighted by molar-refractivity contribution is 7.89. The summed E-state index contributed by atoms with van der Waals surface area (Å²) >= 11 is 1.13. The van der Waals surface area contributed by atoms with Gasteiger partial charge in [0.2, 0.25) is 10.0 Å². The van der Waals surface area contributed by atoms with Gasteiger partial charge in [0.1, 0.15) is 11.4 Å². The van der Waals surface area contributed by atoms with Crippen LogP contribution in [0.1, 0.15) is 36.3 Å². The van der Waals surface area contributed by atoms with Crippen LogP contribution in [0.4, 0.5) is 13.2 Å². The summed E-state index contributed by atoms with van der Waals surface area (Å²) < 4.78 is 65.4. The maximum atomic E-state index is 12.9. The van der Waals surface area contributed by atoms with Crippen LogP contribution in [-0.4, -0.2) is 36.0 Å². The molecule has 0 saturated carbocycles. The molecule has 0 unspecified atom stereocenters. The molecule has 1 N–H and O–H groups in total. The van der Waals surface area contributed by atoms with Crippen molar-refractivity contribution in [1.29, 1.82) is 0 Å². The Labute approximate surface area is 147 Å². The average molecular weight is 393 g/mol. The lowest BCUT2D eigenvalue weighted by molar-refractivity contribution is -0.141. The first-order valence-electron chi connectivity index (χ1n) is 7.93. The molecule has 1 aliphatic heterocycles. The third-order valence-corrected chi connectivity index (χ3v) is 7.42. The van der Waals surface area contributed by atoms with Gasteiger partial charge < -0.3 is 0 Å². The molecule has 5 nitrogen and oxygen atoms in total. The molecule has 138 valence electrons. The molecule has 10 heteroatoms. The van der Waals surface area contributed by atoms with Crippen molar-refractivity contribution in [2.24, 2.45) is 0 Å². The zero-order chi connectivity index (χ0) is 18.2. The second-order valence-electron chi connectivity index (χ2n) is 6.01. The zero-order valence-electron chi connectivity index (χ0n) is 13.6. The van der Waals surface area contributed by atoms with E-state index in [4.69, 9.17) is 0 Å². The highest BCUT2D eigenvalue weighted by Crippen LogP contribution is 2.36. The Balaban J connectivity index is 1.93. The van der Waals surface area contributed by atoms with E-state index in [2.05, 4.69) is 5.10 Å². The molecule has 2 aromatic heterocycles.